The number of aliphatic hydroxyl groups excluding tert-OH is 1. The summed E-state index contributed by atoms with van der Waals surface area (Å²) >= 11 is 0. The van der Waals surface area contributed by atoms with Crippen LogP contribution in [0.4, 0.5) is 5.69 Å². The minimum absolute atomic E-state index is 0.00469. The first-order valence-corrected chi connectivity index (χ1v) is 5.65. The molecule has 94 valence electrons. The molecule has 1 heterocycles. The van der Waals surface area contributed by atoms with Gasteiger partial charge in [0.15, 0.2) is 0 Å². The summed E-state index contributed by atoms with van der Waals surface area (Å²) in [5, 5.41) is 21.4. The van der Waals surface area contributed by atoms with Gasteiger partial charge in [0.1, 0.15) is 5.69 Å². The predicted molar refractivity (Wildman–Crippen MR) is 65.2 cm³/mol. The largest absolute Gasteiger partial charge is 0.477 e. The van der Waals surface area contributed by atoms with E-state index in [1.807, 2.05) is 13.8 Å². The highest BCUT2D eigenvalue weighted by Crippen LogP contribution is 2.21. The number of hydrogen-bond donors (Lipinski definition) is 3. The van der Waals surface area contributed by atoms with Gasteiger partial charge in [0.2, 0.25) is 0 Å². The van der Waals surface area contributed by atoms with Crippen LogP contribution in [-0.4, -0.2) is 33.3 Å². The lowest BCUT2D eigenvalue weighted by atomic mass is 9.93. The van der Waals surface area contributed by atoms with Crippen LogP contribution >= 0.6 is 0 Å². The van der Waals surface area contributed by atoms with Gasteiger partial charge in [0.25, 0.3) is 0 Å². The van der Waals surface area contributed by atoms with Gasteiger partial charge in [-0.2, -0.15) is 0 Å². The van der Waals surface area contributed by atoms with Crippen molar-refractivity contribution in [1.29, 1.82) is 0 Å². The van der Waals surface area contributed by atoms with Gasteiger partial charge in [-0.05, 0) is 25.0 Å². The number of hydrogen-bond acceptors (Lipinski definition) is 4. The van der Waals surface area contributed by atoms with Gasteiger partial charge in [-0.25, -0.2) is 9.78 Å². The van der Waals surface area contributed by atoms with Gasteiger partial charge in [0.05, 0.1) is 12.1 Å². The number of carboxylic acid groups (broad SMARTS) is 1. The van der Waals surface area contributed by atoms with E-state index in [-0.39, 0.29) is 12.3 Å². The number of rotatable bonds is 6. The van der Waals surface area contributed by atoms with E-state index in [2.05, 4.69) is 10.3 Å². The molecule has 1 aromatic rings. The first-order valence-electron chi connectivity index (χ1n) is 5.65. The van der Waals surface area contributed by atoms with Gasteiger partial charge in [-0.15, -0.1) is 0 Å². The Hall–Kier alpha value is -1.62. The average Bonchev–Trinajstić information content (AvgIpc) is 2.36. The van der Waals surface area contributed by atoms with E-state index in [0.717, 1.165) is 12.8 Å². The molecule has 0 amide bonds. The molecular weight excluding hydrogens is 220 g/mol. The van der Waals surface area contributed by atoms with Crippen LogP contribution in [0.2, 0.25) is 0 Å². The zero-order valence-corrected chi connectivity index (χ0v) is 10.1. The Kier molecular flexibility index (Phi) is 4.45. The Morgan fingerprint density at radius 2 is 2.12 bits per heavy atom. The number of carbonyl (C=O) groups is 1. The second-order valence-corrected chi connectivity index (χ2v) is 4.01. The predicted octanol–water partition coefficient (Wildman–Crippen LogP) is 1.74. The molecule has 3 N–H and O–H groups in total. The second-order valence-electron chi connectivity index (χ2n) is 4.01. The summed E-state index contributed by atoms with van der Waals surface area (Å²) in [4.78, 5) is 14.5. The Balaban J connectivity index is 2.93. The number of aliphatic hydroxyl groups is 1. The molecule has 0 aliphatic carbocycles. The van der Waals surface area contributed by atoms with Crippen molar-refractivity contribution in [2.45, 2.75) is 32.2 Å². The maximum Gasteiger partial charge on any atom is 0.354 e. The zero-order valence-electron chi connectivity index (χ0n) is 10.1. The number of anilines is 1. The summed E-state index contributed by atoms with van der Waals surface area (Å²) in [6.45, 7) is 3.96. The Morgan fingerprint density at radius 3 is 2.59 bits per heavy atom. The molecule has 17 heavy (non-hydrogen) atoms. The van der Waals surface area contributed by atoms with Crippen molar-refractivity contribution in [2.75, 3.05) is 11.9 Å². The van der Waals surface area contributed by atoms with E-state index >= 15 is 0 Å². The summed E-state index contributed by atoms with van der Waals surface area (Å²) < 4.78 is 0. The van der Waals surface area contributed by atoms with Crippen molar-refractivity contribution in [3.63, 3.8) is 0 Å². The summed E-state index contributed by atoms with van der Waals surface area (Å²) in [6.07, 6.45) is 2.95. The fraction of sp³-hybridized carbons (Fsp3) is 0.500. The van der Waals surface area contributed by atoms with Gasteiger partial charge in [-0.3, -0.25) is 0 Å². The van der Waals surface area contributed by atoms with Crippen molar-refractivity contribution >= 4 is 11.7 Å². The van der Waals surface area contributed by atoms with Crippen LogP contribution in [0.3, 0.4) is 0 Å². The number of carboxylic acids is 1. The van der Waals surface area contributed by atoms with E-state index in [1.165, 1.54) is 12.3 Å². The van der Waals surface area contributed by atoms with Crippen molar-refractivity contribution in [1.82, 2.24) is 4.98 Å². The Morgan fingerprint density at radius 1 is 1.47 bits per heavy atom. The van der Waals surface area contributed by atoms with Crippen LogP contribution in [-0.2, 0) is 0 Å². The molecule has 0 aromatic carbocycles. The van der Waals surface area contributed by atoms with Crippen LogP contribution in [0.25, 0.3) is 0 Å². The third-order valence-corrected chi connectivity index (χ3v) is 3.04. The number of nitrogens with zero attached hydrogens (tertiary/aromatic N) is 1. The topological polar surface area (TPSA) is 82.5 Å². The highest BCUT2D eigenvalue weighted by molar-refractivity contribution is 5.86. The normalized spacial score (nSPS) is 11.2. The average molecular weight is 238 g/mol. The number of aromatic carboxylic acids is 1. The molecule has 0 radical (unpaired) electrons. The fourth-order valence-corrected chi connectivity index (χ4v) is 1.62. The molecule has 0 aliphatic rings. The molecule has 0 unspecified atom stereocenters. The number of aromatic nitrogens is 1. The molecule has 5 nitrogen and oxygen atoms in total. The molecule has 1 aromatic heterocycles. The van der Waals surface area contributed by atoms with Crippen molar-refractivity contribution in [3.05, 3.63) is 24.0 Å². The number of pyridine rings is 1. The first-order chi connectivity index (χ1) is 8.06. The maximum atomic E-state index is 10.8. The molecule has 0 atom stereocenters. The molecular formula is C12H18N2O3. The Bertz CT molecular complexity index is 381. The van der Waals surface area contributed by atoms with Gasteiger partial charge >= 0.3 is 5.97 Å². The highest BCUT2D eigenvalue weighted by atomic mass is 16.4. The molecule has 5 heteroatoms. The molecule has 0 fully saturated rings. The van der Waals surface area contributed by atoms with Gasteiger partial charge in [-0.1, -0.05) is 13.8 Å². The van der Waals surface area contributed by atoms with E-state index in [4.69, 9.17) is 5.11 Å². The van der Waals surface area contributed by atoms with E-state index < -0.39 is 11.5 Å². The number of nitrogens with one attached hydrogen (secondary N) is 1. The SMILES string of the molecule is CCC(CC)(CO)Nc1ccnc(C(=O)O)c1. The zero-order chi connectivity index (χ0) is 12.9. The smallest absolute Gasteiger partial charge is 0.354 e. The minimum Gasteiger partial charge on any atom is -0.477 e. The van der Waals surface area contributed by atoms with Crippen molar-refractivity contribution < 1.29 is 15.0 Å². The van der Waals surface area contributed by atoms with Crippen LogP contribution in [0.15, 0.2) is 18.3 Å². The molecule has 0 saturated heterocycles. The third-order valence-electron chi connectivity index (χ3n) is 3.04. The molecule has 0 spiro atoms. The standard InChI is InChI=1S/C12H18N2O3/c1-3-12(4-2,8-15)14-9-5-6-13-10(7-9)11(16)17/h5-7,15H,3-4,8H2,1-2H3,(H,13,14)(H,16,17). The second kappa shape index (κ2) is 5.63. The van der Waals surface area contributed by atoms with Crippen LogP contribution in [0, 0.1) is 0 Å². The van der Waals surface area contributed by atoms with Crippen molar-refractivity contribution in [3.8, 4) is 0 Å². The fourth-order valence-electron chi connectivity index (χ4n) is 1.62. The monoisotopic (exact) mass is 238 g/mol. The van der Waals surface area contributed by atoms with Crippen molar-refractivity contribution in [2.24, 2.45) is 0 Å². The van der Waals surface area contributed by atoms with E-state index in [9.17, 15) is 9.90 Å². The van der Waals surface area contributed by atoms with E-state index in [0.29, 0.717) is 5.69 Å². The van der Waals surface area contributed by atoms with Crippen LogP contribution in [0.5, 0.6) is 0 Å². The first kappa shape index (κ1) is 13.4. The molecule has 0 aliphatic heterocycles. The lowest BCUT2D eigenvalue weighted by Crippen LogP contribution is -2.40. The summed E-state index contributed by atoms with van der Waals surface area (Å²) in [5.74, 6) is -1.06. The lowest BCUT2D eigenvalue weighted by Gasteiger charge is -2.31. The summed E-state index contributed by atoms with van der Waals surface area (Å²) in [7, 11) is 0. The van der Waals surface area contributed by atoms with Crippen LogP contribution in [0.1, 0.15) is 37.2 Å². The lowest BCUT2D eigenvalue weighted by molar-refractivity contribution is 0.0690. The highest BCUT2D eigenvalue weighted by Gasteiger charge is 2.24. The maximum absolute atomic E-state index is 10.8. The molecule has 0 bridgehead atoms. The molecule has 0 saturated carbocycles. The third kappa shape index (κ3) is 3.17. The molecule has 1 rings (SSSR count). The Labute approximate surface area is 101 Å². The summed E-state index contributed by atoms with van der Waals surface area (Å²) in [6, 6.07) is 3.17. The van der Waals surface area contributed by atoms with Gasteiger partial charge < -0.3 is 15.5 Å². The summed E-state index contributed by atoms with van der Waals surface area (Å²) in [5.41, 5.74) is 0.251. The van der Waals surface area contributed by atoms with E-state index in [1.54, 1.807) is 6.07 Å². The van der Waals surface area contributed by atoms with Crippen LogP contribution < -0.4 is 5.32 Å². The van der Waals surface area contributed by atoms with Gasteiger partial charge in [0, 0.05) is 11.9 Å². The quantitative estimate of drug-likeness (QED) is 0.703. The minimum atomic E-state index is -1.06.